The number of hydrogen-bond acceptors (Lipinski definition) is 5. The number of hydrogen-bond donors (Lipinski definition) is 1. The van der Waals surface area contributed by atoms with Gasteiger partial charge in [-0.15, -0.1) is 0 Å². The first-order valence-electron chi connectivity index (χ1n) is 8.38. The van der Waals surface area contributed by atoms with E-state index in [0.717, 1.165) is 36.2 Å². The molecule has 0 bridgehead atoms. The first kappa shape index (κ1) is 16.5. The van der Waals surface area contributed by atoms with Gasteiger partial charge in [-0.25, -0.2) is 9.78 Å². The maximum Gasteiger partial charge on any atom is 0.407 e. The Balaban J connectivity index is 1.67. The number of anilines is 1. The fourth-order valence-electron chi connectivity index (χ4n) is 2.95. The van der Waals surface area contributed by atoms with Gasteiger partial charge in [0.2, 0.25) is 0 Å². The summed E-state index contributed by atoms with van der Waals surface area (Å²) in [7, 11) is 0. The number of benzene rings is 1. The minimum Gasteiger partial charge on any atom is -0.444 e. The average Bonchev–Trinajstić information content (AvgIpc) is 2.99. The SMILES string of the molecule is CC(C)(C)OC(=O)NC[C@@H]1CCCN1c1cnc2ccccc2n1. The molecule has 1 amide bonds. The number of ether oxygens (including phenoxy) is 1. The van der Waals surface area contributed by atoms with Gasteiger partial charge in [0.1, 0.15) is 11.4 Å². The van der Waals surface area contributed by atoms with Crippen LogP contribution in [0, 0.1) is 0 Å². The molecule has 1 fully saturated rings. The molecule has 0 radical (unpaired) electrons. The van der Waals surface area contributed by atoms with E-state index >= 15 is 0 Å². The van der Waals surface area contributed by atoms with Crippen molar-refractivity contribution in [2.45, 2.75) is 45.3 Å². The van der Waals surface area contributed by atoms with Crippen LogP contribution in [0.4, 0.5) is 10.6 Å². The number of fused-ring (bicyclic) bond motifs is 1. The monoisotopic (exact) mass is 328 g/mol. The van der Waals surface area contributed by atoms with Crippen molar-refractivity contribution in [3.8, 4) is 0 Å². The maximum atomic E-state index is 11.9. The third-order valence-electron chi connectivity index (χ3n) is 3.99. The summed E-state index contributed by atoms with van der Waals surface area (Å²) in [6.45, 7) is 7.05. The Morgan fingerprint density at radius 2 is 2.08 bits per heavy atom. The molecule has 2 aromatic rings. The second-order valence-corrected chi connectivity index (χ2v) is 7.09. The number of amides is 1. The lowest BCUT2D eigenvalue weighted by molar-refractivity contribution is 0.0525. The van der Waals surface area contributed by atoms with Crippen molar-refractivity contribution < 1.29 is 9.53 Å². The van der Waals surface area contributed by atoms with Gasteiger partial charge in [0.05, 0.1) is 17.2 Å². The zero-order chi connectivity index (χ0) is 17.2. The van der Waals surface area contributed by atoms with E-state index < -0.39 is 5.60 Å². The van der Waals surface area contributed by atoms with Crippen LogP contribution in [0.1, 0.15) is 33.6 Å². The molecule has 0 saturated carbocycles. The number of nitrogens with zero attached hydrogens (tertiary/aromatic N) is 3. The lowest BCUT2D eigenvalue weighted by Crippen LogP contribution is -2.42. The van der Waals surface area contributed by atoms with Crippen molar-refractivity contribution in [3.63, 3.8) is 0 Å². The van der Waals surface area contributed by atoms with Crippen molar-refractivity contribution in [1.82, 2.24) is 15.3 Å². The third-order valence-corrected chi connectivity index (χ3v) is 3.99. The summed E-state index contributed by atoms with van der Waals surface area (Å²) in [5, 5.41) is 2.87. The highest BCUT2D eigenvalue weighted by Crippen LogP contribution is 2.24. The first-order chi connectivity index (χ1) is 11.4. The summed E-state index contributed by atoms with van der Waals surface area (Å²) >= 11 is 0. The molecule has 2 heterocycles. The zero-order valence-corrected chi connectivity index (χ0v) is 14.5. The van der Waals surface area contributed by atoms with Gasteiger partial charge < -0.3 is 15.0 Å². The molecule has 0 spiro atoms. The van der Waals surface area contributed by atoms with E-state index in [4.69, 9.17) is 9.72 Å². The van der Waals surface area contributed by atoms with E-state index in [2.05, 4.69) is 15.2 Å². The molecular weight excluding hydrogens is 304 g/mol. The van der Waals surface area contributed by atoms with Crippen LogP contribution in [-0.4, -0.2) is 40.8 Å². The van der Waals surface area contributed by atoms with Crippen LogP contribution in [0.3, 0.4) is 0 Å². The van der Waals surface area contributed by atoms with Gasteiger partial charge >= 0.3 is 6.09 Å². The smallest absolute Gasteiger partial charge is 0.407 e. The van der Waals surface area contributed by atoms with E-state index in [9.17, 15) is 4.79 Å². The predicted molar refractivity (Wildman–Crippen MR) is 94.1 cm³/mol. The van der Waals surface area contributed by atoms with E-state index in [1.54, 1.807) is 0 Å². The van der Waals surface area contributed by atoms with Crippen LogP contribution in [0.2, 0.25) is 0 Å². The second-order valence-electron chi connectivity index (χ2n) is 7.09. The normalized spacial score (nSPS) is 18.0. The Bertz CT molecular complexity index is 726. The summed E-state index contributed by atoms with van der Waals surface area (Å²) < 4.78 is 5.30. The minimum absolute atomic E-state index is 0.216. The zero-order valence-electron chi connectivity index (χ0n) is 14.5. The fraction of sp³-hybridized carbons (Fsp3) is 0.500. The van der Waals surface area contributed by atoms with Gasteiger partial charge in [-0.1, -0.05) is 12.1 Å². The van der Waals surface area contributed by atoms with Gasteiger partial charge in [0.15, 0.2) is 0 Å². The van der Waals surface area contributed by atoms with Crippen molar-refractivity contribution in [3.05, 3.63) is 30.5 Å². The fourth-order valence-corrected chi connectivity index (χ4v) is 2.95. The molecule has 6 nitrogen and oxygen atoms in total. The van der Waals surface area contributed by atoms with Crippen LogP contribution in [0.25, 0.3) is 11.0 Å². The molecule has 0 aliphatic carbocycles. The highest BCUT2D eigenvalue weighted by atomic mass is 16.6. The molecular formula is C18H24N4O2. The Morgan fingerprint density at radius 1 is 1.33 bits per heavy atom. The lowest BCUT2D eigenvalue weighted by Gasteiger charge is -2.26. The lowest BCUT2D eigenvalue weighted by atomic mass is 10.2. The summed E-state index contributed by atoms with van der Waals surface area (Å²) in [5.74, 6) is 0.863. The van der Waals surface area contributed by atoms with E-state index in [1.807, 2.05) is 51.2 Å². The molecule has 128 valence electrons. The van der Waals surface area contributed by atoms with Crippen molar-refractivity contribution >= 4 is 22.9 Å². The first-order valence-corrected chi connectivity index (χ1v) is 8.38. The third kappa shape index (κ3) is 3.93. The largest absolute Gasteiger partial charge is 0.444 e. The molecule has 1 aromatic heterocycles. The molecule has 6 heteroatoms. The van der Waals surface area contributed by atoms with E-state index in [1.165, 1.54) is 0 Å². The van der Waals surface area contributed by atoms with E-state index in [-0.39, 0.29) is 12.1 Å². The number of aromatic nitrogens is 2. The van der Waals surface area contributed by atoms with Crippen LogP contribution in [-0.2, 0) is 4.74 Å². The molecule has 1 aliphatic rings. The number of para-hydroxylation sites is 2. The summed E-state index contributed by atoms with van der Waals surface area (Å²) in [5.41, 5.74) is 1.30. The summed E-state index contributed by atoms with van der Waals surface area (Å²) in [6.07, 6.45) is 3.53. The summed E-state index contributed by atoms with van der Waals surface area (Å²) in [4.78, 5) is 23.3. The Morgan fingerprint density at radius 3 is 2.83 bits per heavy atom. The van der Waals surface area contributed by atoms with Gasteiger partial charge in [-0.2, -0.15) is 0 Å². The van der Waals surface area contributed by atoms with Crippen LogP contribution in [0.15, 0.2) is 30.5 Å². The minimum atomic E-state index is -0.483. The van der Waals surface area contributed by atoms with Crippen LogP contribution in [0.5, 0.6) is 0 Å². The highest BCUT2D eigenvalue weighted by Gasteiger charge is 2.27. The Kier molecular flexibility index (Phi) is 4.55. The van der Waals surface area contributed by atoms with Gasteiger partial charge in [0.25, 0.3) is 0 Å². The topological polar surface area (TPSA) is 67.3 Å². The highest BCUT2D eigenvalue weighted by molar-refractivity contribution is 5.75. The Labute approximate surface area is 142 Å². The maximum absolute atomic E-state index is 11.9. The molecule has 1 aliphatic heterocycles. The van der Waals surface area contributed by atoms with Gasteiger partial charge in [0, 0.05) is 19.1 Å². The van der Waals surface area contributed by atoms with Crippen LogP contribution < -0.4 is 10.2 Å². The number of rotatable bonds is 3. The number of carbonyl (C=O) groups is 1. The molecule has 1 saturated heterocycles. The number of alkyl carbamates (subject to hydrolysis) is 1. The van der Waals surface area contributed by atoms with Crippen molar-refractivity contribution in [2.24, 2.45) is 0 Å². The quantitative estimate of drug-likeness (QED) is 0.937. The molecule has 3 rings (SSSR count). The molecule has 24 heavy (non-hydrogen) atoms. The Hall–Kier alpha value is -2.37. The average molecular weight is 328 g/mol. The second kappa shape index (κ2) is 6.63. The van der Waals surface area contributed by atoms with Crippen molar-refractivity contribution in [1.29, 1.82) is 0 Å². The van der Waals surface area contributed by atoms with Crippen LogP contribution >= 0.6 is 0 Å². The molecule has 1 aromatic carbocycles. The molecule has 0 unspecified atom stereocenters. The number of nitrogens with one attached hydrogen (secondary N) is 1. The van der Waals surface area contributed by atoms with Gasteiger partial charge in [-0.05, 0) is 45.7 Å². The predicted octanol–water partition coefficient (Wildman–Crippen LogP) is 3.12. The number of carbonyl (C=O) groups excluding carboxylic acids is 1. The molecule has 1 atom stereocenters. The van der Waals surface area contributed by atoms with Crippen molar-refractivity contribution in [2.75, 3.05) is 18.0 Å². The molecule has 1 N–H and O–H groups in total. The summed E-state index contributed by atoms with van der Waals surface area (Å²) in [6, 6.07) is 8.06. The van der Waals surface area contributed by atoms with Gasteiger partial charge in [-0.3, -0.25) is 4.98 Å². The standard InChI is InChI=1S/C18H24N4O2/c1-18(2,3)24-17(23)20-11-13-7-6-10-22(13)16-12-19-14-8-4-5-9-15(14)21-16/h4-5,8-9,12-13H,6-7,10-11H2,1-3H3,(H,20,23)/t13-/m0/s1. The van der Waals surface area contributed by atoms with E-state index in [0.29, 0.717) is 6.54 Å².